The molecule has 0 saturated carbocycles. The summed E-state index contributed by atoms with van der Waals surface area (Å²) in [7, 11) is 0. The van der Waals surface area contributed by atoms with Gasteiger partial charge in [0, 0.05) is 11.3 Å². The Labute approximate surface area is 154 Å². The number of carbonyl (C=O) groups excluding carboxylic acids is 1. The van der Waals surface area contributed by atoms with Crippen LogP contribution in [0.4, 0.5) is 11.7 Å². The number of aromatic nitrogens is 1. The van der Waals surface area contributed by atoms with Gasteiger partial charge in [-0.2, -0.15) is 4.98 Å². The van der Waals surface area contributed by atoms with Crippen molar-refractivity contribution < 1.29 is 23.8 Å². The molecule has 1 amide bonds. The molecule has 138 valence electrons. The first-order valence-electron chi connectivity index (χ1n) is 8.70. The number of aliphatic hydroxyl groups excluding tert-OH is 1. The van der Waals surface area contributed by atoms with Crippen LogP contribution < -0.4 is 19.7 Å². The van der Waals surface area contributed by atoms with Crippen LogP contribution in [0.5, 0.6) is 11.5 Å². The van der Waals surface area contributed by atoms with Crippen LogP contribution >= 0.6 is 0 Å². The van der Waals surface area contributed by atoms with Gasteiger partial charge in [0.2, 0.25) is 0 Å². The Morgan fingerprint density at radius 2 is 1.93 bits per heavy atom. The van der Waals surface area contributed by atoms with Crippen molar-refractivity contribution in [3.8, 4) is 11.5 Å². The molecule has 3 heterocycles. The van der Waals surface area contributed by atoms with E-state index in [0.29, 0.717) is 66.2 Å². The van der Waals surface area contributed by atoms with Gasteiger partial charge in [0.1, 0.15) is 18.7 Å². The van der Waals surface area contributed by atoms with Crippen LogP contribution in [-0.2, 0) is 0 Å². The van der Waals surface area contributed by atoms with Gasteiger partial charge in [-0.15, -0.1) is 0 Å². The Kier molecular flexibility index (Phi) is 3.64. The van der Waals surface area contributed by atoms with Crippen LogP contribution in [0.3, 0.4) is 0 Å². The molecule has 0 spiro atoms. The quantitative estimate of drug-likeness (QED) is 0.731. The van der Waals surface area contributed by atoms with E-state index in [9.17, 15) is 9.90 Å². The standard InChI is InChI=1S/C19H17N3O5/c23-13-9-22(10-13)19-21-14-8-12(2-4-15(14)27-19)20-18(24)11-1-3-16-17(7-11)26-6-5-25-16/h1-4,7-8,13,23H,5-6,9-10H2,(H,20,24). The van der Waals surface area contributed by atoms with Crippen LogP contribution in [0.2, 0.25) is 0 Å². The third-order valence-electron chi connectivity index (χ3n) is 4.57. The number of anilines is 2. The molecule has 2 aliphatic heterocycles. The van der Waals surface area contributed by atoms with E-state index in [4.69, 9.17) is 13.9 Å². The monoisotopic (exact) mass is 367 g/mol. The minimum absolute atomic E-state index is 0.249. The topological polar surface area (TPSA) is 97.1 Å². The Hall–Kier alpha value is -3.26. The summed E-state index contributed by atoms with van der Waals surface area (Å²) in [5.74, 6) is 0.966. The third kappa shape index (κ3) is 2.93. The van der Waals surface area contributed by atoms with Gasteiger partial charge in [0.15, 0.2) is 17.1 Å². The molecule has 27 heavy (non-hydrogen) atoms. The summed E-state index contributed by atoms with van der Waals surface area (Å²) < 4.78 is 16.7. The molecule has 1 fully saturated rings. The second kappa shape index (κ2) is 6.17. The van der Waals surface area contributed by atoms with Crippen LogP contribution in [0.15, 0.2) is 40.8 Å². The first-order valence-corrected chi connectivity index (χ1v) is 8.70. The summed E-state index contributed by atoms with van der Waals surface area (Å²) in [6, 6.07) is 10.9. The molecule has 3 aromatic rings. The van der Waals surface area contributed by atoms with Gasteiger partial charge in [-0.05, 0) is 36.4 Å². The average Bonchev–Trinajstić information content (AvgIpc) is 3.07. The van der Waals surface area contributed by atoms with Gasteiger partial charge in [0.05, 0.1) is 19.2 Å². The van der Waals surface area contributed by atoms with E-state index in [-0.39, 0.29) is 12.0 Å². The summed E-state index contributed by atoms with van der Waals surface area (Å²) >= 11 is 0. The number of β-amino-alcohol motifs (C(OH)–C–C–N with tert-alkyl or cyclic N) is 1. The molecule has 8 heteroatoms. The van der Waals surface area contributed by atoms with Crippen LogP contribution in [-0.4, -0.2) is 48.4 Å². The molecule has 0 aliphatic carbocycles. The zero-order chi connectivity index (χ0) is 18.4. The third-order valence-corrected chi connectivity index (χ3v) is 4.57. The summed E-state index contributed by atoms with van der Waals surface area (Å²) in [4.78, 5) is 18.8. The number of ether oxygens (including phenoxy) is 2. The zero-order valence-electron chi connectivity index (χ0n) is 14.3. The lowest BCUT2D eigenvalue weighted by Crippen LogP contribution is -2.51. The second-order valence-corrected chi connectivity index (χ2v) is 6.55. The Morgan fingerprint density at radius 1 is 1.11 bits per heavy atom. The van der Waals surface area contributed by atoms with Gasteiger partial charge in [-0.1, -0.05) is 0 Å². The molecule has 1 saturated heterocycles. The molecule has 0 bridgehead atoms. The predicted octanol–water partition coefficient (Wildman–Crippen LogP) is 2.03. The Morgan fingerprint density at radius 3 is 2.74 bits per heavy atom. The van der Waals surface area contributed by atoms with Crippen LogP contribution in [0.1, 0.15) is 10.4 Å². The highest BCUT2D eigenvalue weighted by molar-refractivity contribution is 6.05. The number of fused-ring (bicyclic) bond motifs is 2. The van der Waals surface area contributed by atoms with Crippen molar-refractivity contribution >= 4 is 28.7 Å². The van der Waals surface area contributed by atoms with Crippen molar-refractivity contribution in [3.05, 3.63) is 42.0 Å². The van der Waals surface area contributed by atoms with Crippen LogP contribution in [0, 0.1) is 0 Å². The lowest BCUT2D eigenvalue weighted by atomic mass is 10.1. The highest BCUT2D eigenvalue weighted by Crippen LogP contribution is 2.31. The number of amides is 1. The molecule has 2 N–H and O–H groups in total. The fraction of sp³-hybridized carbons (Fsp3) is 0.263. The molecular formula is C19H17N3O5. The minimum atomic E-state index is -0.333. The predicted molar refractivity (Wildman–Crippen MR) is 97.6 cm³/mol. The Bertz CT molecular complexity index is 1030. The van der Waals surface area contributed by atoms with E-state index >= 15 is 0 Å². The van der Waals surface area contributed by atoms with Crippen LogP contribution in [0.25, 0.3) is 11.1 Å². The van der Waals surface area contributed by atoms with E-state index in [1.807, 2.05) is 4.90 Å². The maximum Gasteiger partial charge on any atom is 0.298 e. The van der Waals surface area contributed by atoms with Crippen molar-refractivity contribution in [1.82, 2.24) is 4.98 Å². The molecule has 2 aromatic carbocycles. The van der Waals surface area contributed by atoms with E-state index in [2.05, 4.69) is 10.3 Å². The molecule has 0 atom stereocenters. The first kappa shape index (κ1) is 16.0. The highest BCUT2D eigenvalue weighted by atomic mass is 16.6. The number of rotatable bonds is 3. The second-order valence-electron chi connectivity index (χ2n) is 6.55. The number of aliphatic hydroxyl groups is 1. The van der Waals surface area contributed by atoms with Crippen molar-refractivity contribution in [3.63, 3.8) is 0 Å². The van der Waals surface area contributed by atoms with E-state index in [1.54, 1.807) is 36.4 Å². The number of oxazole rings is 1. The largest absolute Gasteiger partial charge is 0.486 e. The van der Waals surface area contributed by atoms with E-state index in [1.165, 1.54) is 0 Å². The molecule has 0 unspecified atom stereocenters. The van der Waals surface area contributed by atoms with Gasteiger partial charge in [0.25, 0.3) is 11.9 Å². The van der Waals surface area contributed by atoms with E-state index < -0.39 is 0 Å². The average molecular weight is 367 g/mol. The molecule has 1 aromatic heterocycles. The summed E-state index contributed by atoms with van der Waals surface area (Å²) in [6.45, 7) is 2.01. The van der Waals surface area contributed by atoms with Crippen molar-refractivity contribution in [2.24, 2.45) is 0 Å². The molecule has 2 aliphatic rings. The van der Waals surface area contributed by atoms with Crippen molar-refractivity contribution in [1.29, 1.82) is 0 Å². The van der Waals surface area contributed by atoms with Gasteiger partial charge in [-0.3, -0.25) is 4.79 Å². The molecule has 8 nitrogen and oxygen atoms in total. The van der Waals surface area contributed by atoms with Gasteiger partial charge in [-0.25, -0.2) is 0 Å². The zero-order valence-corrected chi connectivity index (χ0v) is 14.3. The number of hydrogen-bond donors (Lipinski definition) is 2. The van der Waals surface area contributed by atoms with Gasteiger partial charge >= 0.3 is 0 Å². The summed E-state index contributed by atoms with van der Waals surface area (Å²) in [5.41, 5.74) is 2.37. The van der Waals surface area contributed by atoms with E-state index in [0.717, 1.165) is 0 Å². The molecule has 5 rings (SSSR count). The lowest BCUT2D eigenvalue weighted by Gasteiger charge is -2.34. The number of nitrogens with zero attached hydrogens (tertiary/aromatic N) is 2. The van der Waals surface area contributed by atoms with Crippen molar-refractivity contribution in [2.75, 3.05) is 36.5 Å². The molecule has 0 radical (unpaired) electrons. The minimum Gasteiger partial charge on any atom is -0.486 e. The maximum absolute atomic E-state index is 12.6. The first-order chi connectivity index (χ1) is 13.2. The summed E-state index contributed by atoms with van der Waals surface area (Å²) in [5, 5.41) is 12.3. The number of benzene rings is 2. The maximum atomic E-state index is 12.6. The fourth-order valence-electron chi connectivity index (χ4n) is 3.13. The normalized spacial score (nSPS) is 16.3. The molecular weight excluding hydrogens is 350 g/mol. The fourth-order valence-corrected chi connectivity index (χ4v) is 3.13. The summed E-state index contributed by atoms with van der Waals surface area (Å²) in [6.07, 6.45) is -0.333. The van der Waals surface area contributed by atoms with Gasteiger partial charge < -0.3 is 29.2 Å². The SMILES string of the molecule is O=C(Nc1ccc2oc(N3CC(O)C3)nc2c1)c1ccc2c(c1)OCCO2. The smallest absolute Gasteiger partial charge is 0.298 e. The number of hydrogen-bond acceptors (Lipinski definition) is 7. The lowest BCUT2D eigenvalue weighted by molar-refractivity contribution is 0.102. The van der Waals surface area contributed by atoms with Crippen molar-refractivity contribution in [2.45, 2.75) is 6.10 Å². The number of nitrogens with one attached hydrogen (secondary N) is 1. The highest BCUT2D eigenvalue weighted by Gasteiger charge is 2.28. The Balaban J connectivity index is 1.35. The number of carbonyl (C=O) groups is 1.